The second-order valence-corrected chi connectivity index (χ2v) is 11.1. The van der Waals surface area contributed by atoms with E-state index in [1.807, 2.05) is 38.3 Å². The average molecular weight is 549 g/mol. The smallest absolute Gasteiger partial charge is 0.264 e. The highest BCUT2D eigenvalue weighted by Gasteiger charge is 2.24. The normalized spacial score (nSPS) is 18.6. The number of carbonyl (C=O) groups is 2. The van der Waals surface area contributed by atoms with Gasteiger partial charge in [-0.1, -0.05) is 31.5 Å². The third-order valence-electron chi connectivity index (χ3n) is 6.50. The lowest BCUT2D eigenvalue weighted by atomic mass is 10.1. The van der Waals surface area contributed by atoms with Gasteiger partial charge >= 0.3 is 0 Å². The number of halogens is 1. The molecule has 0 spiro atoms. The average Bonchev–Trinajstić information content (AvgIpc) is 3.24. The molecule has 2 aromatic carbocycles. The molecule has 0 bridgehead atoms. The van der Waals surface area contributed by atoms with Crippen molar-refractivity contribution in [2.75, 3.05) is 43.4 Å². The van der Waals surface area contributed by atoms with E-state index in [2.05, 4.69) is 49.6 Å². The molecular formula is C28H29ClN6O2S. The van der Waals surface area contributed by atoms with Gasteiger partial charge in [0.15, 0.2) is 5.17 Å². The van der Waals surface area contributed by atoms with Gasteiger partial charge in [-0.2, -0.15) is 0 Å². The van der Waals surface area contributed by atoms with E-state index in [0.29, 0.717) is 26.5 Å². The van der Waals surface area contributed by atoms with Crippen molar-refractivity contribution in [3.63, 3.8) is 0 Å². The number of rotatable bonds is 5. The van der Waals surface area contributed by atoms with Crippen LogP contribution in [0.2, 0.25) is 5.02 Å². The molecule has 2 fully saturated rings. The fourth-order valence-corrected chi connectivity index (χ4v) is 5.26. The van der Waals surface area contributed by atoms with Gasteiger partial charge in [-0.25, -0.2) is 4.99 Å². The van der Waals surface area contributed by atoms with Crippen LogP contribution in [0, 0.1) is 5.92 Å². The number of thioether (sulfide) groups is 1. The summed E-state index contributed by atoms with van der Waals surface area (Å²) in [5.74, 6) is -0.470. The molecule has 2 aliphatic heterocycles. The van der Waals surface area contributed by atoms with Crippen molar-refractivity contribution >= 4 is 74.4 Å². The lowest BCUT2D eigenvalue weighted by Gasteiger charge is -2.34. The van der Waals surface area contributed by atoms with Crippen LogP contribution in [0.25, 0.3) is 17.0 Å². The number of aromatic nitrogens is 1. The quantitative estimate of drug-likeness (QED) is 0.430. The van der Waals surface area contributed by atoms with Crippen molar-refractivity contribution in [3.05, 3.63) is 64.2 Å². The molecule has 0 unspecified atom stereocenters. The predicted octanol–water partition coefficient (Wildman–Crippen LogP) is 5.13. The summed E-state index contributed by atoms with van der Waals surface area (Å²) in [5, 5.41) is 7.58. The van der Waals surface area contributed by atoms with Crippen LogP contribution in [0.4, 0.5) is 17.1 Å². The summed E-state index contributed by atoms with van der Waals surface area (Å²) in [6.45, 7) is 7.61. The van der Waals surface area contributed by atoms with Crippen LogP contribution in [-0.4, -0.2) is 60.1 Å². The lowest BCUT2D eigenvalue weighted by molar-refractivity contribution is -0.119. The number of benzene rings is 2. The zero-order valence-electron chi connectivity index (χ0n) is 21.5. The molecule has 10 heteroatoms. The predicted molar refractivity (Wildman–Crippen MR) is 157 cm³/mol. The van der Waals surface area contributed by atoms with E-state index in [0.717, 1.165) is 48.3 Å². The number of pyridine rings is 1. The van der Waals surface area contributed by atoms with Gasteiger partial charge in [-0.05, 0) is 66.8 Å². The number of nitrogens with one attached hydrogen (secondary N) is 2. The maximum atomic E-state index is 12.8. The molecule has 38 heavy (non-hydrogen) atoms. The number of carbonyl (C=O) groups excluding carboxylic acids is 2. The Labute approximate surface area is 231 Å². The van der Waals surface area contributed by atoms with Crippen LogP contribution in [0.15, 0.2) is 58.6 Å². The third-order valence-corrected chi connectivity index (χ3v) is 7.72. The molecule has 5 rings (SSSR count). The summed E-state index contributed by atoms with van der Waals surface area (Å²) >= 11 is 7.60. The zero-order chi connectivity index (χ0) is 26.8. The monoisotopic (exact) mass is 548 g/mol. The highest BCUT2D eigenvalue weighted by atomic mass is 35.5. The van der Waals surface area contributed by atoms with Gasteiger partial charge in [-0.15, -0.1) is 0 Å². The summed E-state index contributed by atoms with van der Waals surface area (Å²) in [6.07, 6.45) is 3.72. The van der Waals surface area contributed by atoms with Crippen molar-refractivity contribution in [1.82, 2.24) is 15.2 Å². The largest absolute Gasteiger partial charge is 0.368 e. The molecule has 3 aromatic rings. The van der Waals surface area contributed by atoms with Gasteiger partial charge in [0.2, 0.25) is 5.91 Å². The zero-order valence-corrected chi connectivity index (χ0v) is 23.1. The number of hydrogen-bond donors (Lipinski definition) is 2. The Balaban J connectivity index is 1.39. The molecule has 0 aliphatic carbocycles. The summed E-state index contributed by atoms with van der Waals surface area (Å²) in [7, 11) is 2.14. The Morgan fingerprint density at radius 2 is 1.95 bits per heavy atom. The van der Waals surface area contributed by atoms with Gasteiger partial charge in [-0.3, -0.25) is 14.6 Å². The maximum absolute atomic E-state index is 12.8. The molecule has 0 radical (unpaired) electrons. The van der Waals surface area contributed by atoms with Crippen LogP contribution in [0.5, 0.6) is 0 Å². The number of fused-ring (bicyclic) bond motifs is 1. The van der Waals surface area contributed by atoms with Gasteiger partial charge in [0, 0.05) is 55.1 Å². The minimum absolute atomic E-state index is 0.0962. The fourth-order valence-electron chi connectivity index (χ4n) is 4.27. The van der Waals surface area contributed by atoms with Gasteiger partial charge in [0.25, 0.3) is 5.91 Å². The molecule has 2 N–H and O–H groups in total. The summed E-state index contributed by atoms with van der Waals surface area (Å²) < 4.78 is 0. The molecule has 0 saturated carbocycles. The Morgan fingerprint density at radius 3 is 2.71 bits per heavy atom. The third kappa shape index (κ3) is 5.85. The topological polar surface area (TPSA) is 89.9 Å². The number of nitrogens with zero attached hydrogens (tertiary/aromatic N) is 4. The number of aliphatic imine (C=N–C) groups is 1. The van der Waals surface area contributed by atoms with Gasteiger partial charge in [0.05, 0.1) is 21.1 Å². The molecular weight excluding hydrogens is 520 g/mol. The molecule has 196 valence electrons. The van der Waals surface area contributed by atoms with Crippen LogP contribution < -0.4 is 15.5 Å². The maximum Gasteiger partial charge on any atom is 0.264 e. The first-order valence-corrected chi connectivity index (χ1v) is 13.7. The van der Waals surface area contributed by atoms with Gasteiger partial charge < -0.3 is 20.4 Å². The minimum atomic E-state index is -0.222. The molecule has 3 heterocycles. The second-order valence-electron chi connectivity index (χ2n) is 9.69. The van der Waals surface area contributed by atoms with E-state index in [4.69, 9.17) is 11.6 Å². The second kappa shape index (κ2) is 11.1. The standard InChI is InChI=1S/C28H29ClN6O2S/c1-17(2)26(36)31-19-5-6-21(29)23(16-19)32-28-33-27(37)25(38-28)15-18-4-7-22-20(14-18)24(8-9-30-22)35-12-10-34(3)11-13-35/h4-9,14-17H,10-13H2,1-3H3,(H,31,36)(H,32,33,37). The summed E-state index contributed by atoms with van der Waals surface area (Å²) in [4.78, 5) is 39.2. The number of anilines is 2. The van der Waals surface area contributed by atoms with E-state index in [-0.39, 0.29) is 17.7 Å². The van der Waals surface area contributed by atoms with E-state index >= 15 is 0 Å². The SMILES string of the molecule is CC(C)C(=O)Nc1ccc(Cl)c(N=C2NC(=O)C(=Cc3ccc4nccc(N5CCN(C)CC5)c4c3)S2)c1. The first-order chi connectivity index (χ1) is 18.3. The van der Waals surface area contributed by atoms with Crippen LogP contribution in [-0.2, 0) is 9.59 Å². The first-order valence-electron chi connectivity index (χ1n) is 12.5. The van der Waals surface area contributed by atoms with Crippen LogP contribution in [0.1, 0.15) is 19.4 Å². The van der Waals surface area contributed by atoms with Crippen molar-refractivity contribution < 1.29 is 9.59 Å². The Kier molecular flexibility index (Phi) is 7.69. The van der Waals surface area contributed by atoms with Crippen molar-refractivity contribution in [3.8, 4) is 0 Å². The van der Waals surface area contributed by atoms with Crippen molar-refractivity contribution in [2.45, 2.75) is 13.8 Å². The molecule has 0 atom stereocenters. The number of amides is 2. The Bertz CT molecular complexity index is 1460. The van der Waals surface area contributed by atoms with E-state index in [1.54, 1.807) is 18.2 Å². The molecule has 1 aromatic heterocycles. The van der Waals surface area contributed by atoms with Crippen molar-refractivity contribution in [2.24, 2.45) is 10.9 Å². The Hall–Kier alpha value is -3.40. The molecule has 2 amide bonds. The number of likely N-dealkylation sites (N-methyl/N-ethyl adjacent to an activating group) is 1. The van der Waals surface area contributed by atoms with Gasteiger partial charge in [0.1, 0.15) is 0 Å². The molecule has 2 saturated heterocycles. The highest BCUT2D eigenvalue weighted by Crippen LogP contribution is 2.34. The number of hydrogen-bond acceptors (Lipinski definition) is 7. The fraction of sp³-hybridized carbons (Fsp3) is 0.286. The summed E-state index contributed by atoms with van der Waals surface area (Å²) in [5.41, 5.74) is 4.06. The highest BCUT2D eigenvalue weighted by molar-refractivity contribution is 8.18. The van der Waals surface area contributed by atoms with Crippen LogP contribution in [0.3, 0.4) is 0 Å². The van der Waals surface area contributed by atoms with Crippen LogP contribution >= 0.6 is 23.4 Å². The minimum Gasteiger partial charge on any atom is -0.368 e. The lowest BCUT2D eigenvalue weighted by Crippen LogP contribution is -2.44. The number of amidine groups is 1. The number of piperazine rings is 1. The molecule has 8 nitrogen and oxygen atoms in total. The van der Waals surface area contributed by atoms with Crippen molar-refractivity contribution in [1.29, 1.82) is 0 Å². The molecule has 2 aliphatic rings. The first kappa shape index (κ1) is 26.2. The summed E-state index contributed by atoms with van der Waals surface area (Å²) in [6, 6.07) is 13.2. The Morgan fingerprint density at radius 1 is 1.16 bits per heavy atom. The van der Waals surface area contributed by atoms with E-state index in [1.165, 1.54) is 11.8 Å². The van der Waals surface area contributed by atoms with E-state index in [9.17, 15) is 9.59 Å². The van der Waals surface area contributed by atoms with E-state index < -0.39 is 0 Å².